The van der Waals surface area contributed by atoms with Crippen LogP contribution in [0.3, 0.4) is 0 Å². The van der Waals surface area contributed by atoms with Crippen LogP contribution in [0.15, 0.2) is 0 Å². The molecule has 0 saturated heterocycles. The highest BCUT2D eigenvalue weighted by atomic mass is 35.5. The Bertz CT molecular complexity index is 156. The van der Waals surface area contributed by atoms with Gasteiger partial charge in [0, 0.05) is 5.75 Å². The normalized spacial score (nSPS) is 12.0. The summed E-state index contributed by atoms with van der Waals surface area (Å²) >= 11 is 6.68. The first-order valence-corrected chi connectivity index (χ1v) is 4.15. The molecule has 3 nitrogen and oxygen atoms in total. The number of carbonyl (C=O) groups is 1. The van der Waals surface area contributed by atoms with E-state index < -0.39 is 5.38 Å². The van der Waals surface area contributed by atoms with E-state index >= 15 is 0 Å². The standard InChI is InChI=1S/C5H7ClN2OS/c6-4(1-7)2-10-3-5(8)9/h4H,2-3H2,(H2,8,9). The maximum Gasteiger partial charge on any atom is 0.227 e. The largest absolute Gasteiger partial charge is 0.369 e. The number of hydrogen-bond donors (Lipinski definition) is 1. The highest BCUT2D eigenvalue weighted by molar-refractivity contribution is 8.00. The second kappa shape index (κ2) is 5.39. The van der Waals surface area contributed by atoms with Gasteiger partial charge in [0.1, 0.15) is 5.38 Å². The second-order valence-corrected chi connectivity index (χ2v) is 3.14. The molecule has 56 valence electrons. The van der Waals surface area contributed by atoms with Crippen LogP contribution in [0.4, 0.5) is 0 Å². The SMILES string of the molecule is N#CC(Cl)CSCC(N)=O. The number of alkyl halides is 1. The summed E-state index contributed by atoms with van der Waals surface area (Å²) in [4.78, 5) is 10.1. The van der Waals surface area contributed by atoms with Crippen LogP contribution in [0.1, 0.15) is 0 Å². The molecule has 0 aliphatic heterocycles. The quantitative estimate of drug-likeness (QED) is 0.632. The summed E-state index contributed by atoms with van der Waals surface area (Å²) in [5.41, 5.74) is 4.83. The number of primary amides is 1. The van der Waals surface area contributed by atoms with Crippen LogP contribution in [-0.4, -0.2) is 22.8 Å². The highest BCUT2D eigenvalue weighted by Gasteiger charge is 2.02. The van der Waals surface area contributed by atoms with Gasteiger partial charge in [0.15, 0.2) is 0 Å². The molecule has 0 spiro atoms. The minimum atomic E-state index is -0.524. The summed E-state index contributed by atoms with van der Waals surface area (Å²) in [7, 11) is 0. The average Bonchev–Trinajstić information content (AvgIpc) is 1.87. The number of nitriles is 1. The third-order valence-corrected chi connectivity index (χ3v) is 2.14. The van der Waals surface area contributed by atoms with Gasteiger partial charge >= 0.3 is 0 Å². The van der Waals surface area contributed by atoms with Crippen molar-refractivity contribution in [2.45, 2.75) is 5.38 Å². The number of rotatable bonds is 4. The third kappa shape index (κ3) is 5.73. The summed E-state index contributed by atoms with van der Waals surface area (Å²) in [5.74, 6) is 0.290. The fourth-order valence-electron chi connectivity index (χ4n) is 0.300. The molecule has 1 unspecified atom stereocenters. The number of nitrogens with zero attached hydrogens (tertiary/aromatic N) is 1. The van der Waals surface area contributed by atoms with Gasteiger partial charge in [-0.15, -0.1) is 23.4 Å². The molecular formula is C5H7ClN2OS. The Balaban J connectivity index is 3.22. The molecule has 0 radical (unpaired) electrons. The van der Waals surface area contributed by atoms with Crippen molar-refractivity contribution >= 4 is 29.3 Å². The summed E-state index contributed by atoms with van der Waals surface area (Å²) in [6.45, 7) is 0. The van der Waals surface area contributed by atoms with E-state index in [-0.39, 0.29) is 11.7 Å². The van der Waals surface area contributed by atoms with Crippen LogP contribution in [0.2, 0.25) is 0 Å². The van der Waals surface area contributed by atoms with E-state index in [1.165, 1.54) is 11.8 Å². The van der Waals surface area contributed by atoms with Gasteiger partial charge < -0.3 is 5.73 Å². The van der Waals surface area contributed by atoms with Crippen LogP contribution in [0.25, 0.3) is 0 Å². The van der Waals surface area contributed by atoms with Gasteiger partial charge in [0.25, 0.3) is 0 Å². The fraction of sp³-hybridized carbons (Fsp3) is 0.600. The van der Waals surface area contributed by atoms with E-state index in [0.29, 0.717) is 5.75 Å². The molecule has 0 aromatic carbocycles. The zero-order valence-corrected chi connectivity index (χ0v) is 6.78. The van der Waals surface area contributed by atoms with Crippen molar-refractivity contribution in [3.63, 3.8) is 0 Å². The van der Waals surface area contributed by atoms with Crippen molar-refractivity contribution < 1.29 is 4.79 Å². The molecule has 0 bridgehead atoms. The van der Waals surface area contributed by atoms with E-state index in [4.69, 9.17) is 22.6 Å². The Morgan fingerprint density at radius 1 is 1.90 bits per heavy atom. The maximum atomic E-state index is 10.1. The number of nitrogens with two attached hydrogens (primary N) is 1. The predicted octanol–water partition coefficient (Wildman–Crippen LogP) is 0.336. The van der Waals surface area contributed by atoms with E-state index in [1.54, 1.807) is 0 Å². The van der Waals surface area contributed by atoms with Crippen molar-refractivity contribution in [2.75, 3.05) is 11.5 Å². The number of hydrogen-bond acceptors (Lipinski definition) is 3. The molecule has 0 aromatic rings. The molecular weight excluding hydrogens is 172 g/mol. The predicted molar refractivity (Wildman–Crippen MR) is 41.8 cm³/mol. The molecule has 0 aliphatic rings. The highest BCUT2D eigenvalue weighted by Crippen LogP contribution is 2.05. The van der Waals surface area contributed by atoms with Crippen molar-refractivity contribution in [3.05, 3.63) is 0 Å². The first-order chi connectivity index (χ1) is 4.66. The lowest BCUT2D eigenvalue weighted by Gasteiger charge is -1.96. The van der Waals surface area contributed by atoms with Crippen LogP contribution < -0.4 is 5.73 Å². The molecule has 5 heteroatoms. The molecule has 1 atom stereocenters. The zero-order valence-electron chi connectivity index (χ0n) is 5.21. The smallest absolute Gasteiger partial charge is 0.227 e. The van der Waals surface area contributed by atoms with Gasteiger partial charge in [-0.3, -0.25) is 4.79 Å². The van der Waals surface area contributed by atoms with Crippen molar-refractivity contribution in [1.82, 2.24) is 0 Å². The molecule has 1 amide bonds. The van der Waals surface area contributed by atoms with E-state index in [2.05, 4.69) is 0 Å². The Labute approximate surface area is 68.5 Å². The van der Waals surface area contributed by atoms with Gasteiger partial charge in [0.05, 0.1) is 11.8 Å². The van der Waals surface area contributed by atoms with Gasteiger partial charge in [-0.1, -0.05) is 0 Å². The monoisotopic (exact) mass is 178 g/mol. The van der Waals surface area contributed by atoms with Crippen molar-refractivity contribution in [2.24, 2.45) is 5.73 Å². The zero-order chi connectivity index (χ0) is 7.98. The molecule has 0 saturated carbocycles. The van der Waals surface area contributed by atoms with Crippen LogP contribution in [0, 0.1) is 11.3 Å². The molecule has 0 heterocycles. The number of thioether (sulfide) groups is 1. The summed E-state index contributed by atoms with van der Waals surface area (Å²) in [6, 6.07) is 1.83. The van der Waals surface area contributed by atoms with Crippen molar-refractivity contribution in [3.8, 4) is 6.07 Å². The van der Waals surface area contributed by atoms with Gasteiger partial charge in [-0.05, 0) is 0 Å². The molecule has 0 rings (SSSR count). The fourth-order valence-corrected chi connectivity index (χ4v) is 1.17. The van der Waals surface area contributed by atoms with E-state index in [1.807, 2.05) is 6.07 Å². The number of carbonyl (C=O) groups excluding carboxylic acids is 1. The first-order valence-electron chi connectivity index (χ1n) is 2.56. The molecule has 2 N–H and O–H groups in total. The molecule has 0 aromatic heterocycles. The maximum absolute atomic E-state index is 10.1. The Kier molecular flexibility index (Phi) is 5.17. The van der Waals surface area contributed by atoms with Crippen LogP contribution in [0.5, 0.6) is 0 Å². The Morgan fingerprint density at radius 3 is 2.90 bits per heavy atom. The summed E-state index contributed by atoms with van der Waals surface area (Å²) in [6.07, 6.45) is 0. The topological polar surface area (TPSA) is 66.9 Å². The lowest BCUT2D eigenvalue weighted by atomic mass is 10.5. The first kappa shape index (κ1) is 9.60. The minimum Gasteiger partial charge on any atom is -0.369 e. The molecule has 0 fully saturated rings. The van der Waals surface area contributed by atoms with E-state index in [0.717, 1.165) is 0 Å². The second-order valence-electron chi connectivity index (χ2n) is 1.58. The van der Waals surface area contributed by atoms with E-state index in [9.17, 15) is 4.79 Å². The van der Waals surface area contributed by atoms with Crippen LogP contribution >= 0.6 is 23.4 Å². The van der Waals surface area contributed by atoms with Gasteiger partial charge in [-0.25, -0.2) is 0 Å². The molecule has 0 aliphatic carbocycles. The van der Waals surface area contributed by atoms with Gasteiger partial charge in [0.2, 0.25) is 5.91 Å². The minimum absolute atomic E-state index is 0.227. The summed E-state index contributed by atoms with van der Waals surface area (Å²) < 4.78 is 0. The number of halogens is 1. The summed E-state index contributed by atoms with van der Waals surface area (Å²) in [5, 5.41) is 7.66. The lowest BCUT2D eigenvalue weighted by Crippen LogP contribution is -2.14. The molecule has 10 heavy (non-hydrogen) atoms. The average molecular weight is 179 g/mol. The Morgan fingerprint density at radius 2 is 2.50 bits per heavy atom. The van der Waals surface area contributed by atoms with Gasteiger partial charge in [-0.2, -0.15) is 5.26 Å². The Hall–Kier alpha value is -0.400. The number of amides is 1. The van der Waals surface area contributed by atoms with Crippen molar-refractivity contribution in [1.29, 1.82) is 5.26 Å². The van der Waals surface area contributed by atoms with Crippen LogP contribution in [-0.2, 0) is 4.79 Å². The lowest BCUT2D eigenvalue weighted by molar-refractivity contribution is -0.115. The third-order valence-electron chi connectivity index (χ3n) is 0.649.